The number of carbonyl (C=O) groups is 1. The predicted molar refractivity (Wildman–Crippen MR) is 128 cm³/mol. The van der Waals surface area contributed by atoms with E-state index in [2.05, 4.69) is 15.0 Å². The maximum atomic E-state index is 13.2. The number of rotatable bonds is 7. The summed E-state index contributed by atoms with van der Waals surface area (Å²) < 4.78 is 28.0. The SMILES string of the molecule is O=C(Nc1cccc(S(=O)(=O)NC2=NCCC2)c1)[C@@H](Sc1ccccc1)c1ccccc1. The van der Waals surface area contributed by atoms with E-state index in [1.54, 1.807) is 12.1 Å². The zero-order chi connectivity index (χ0) is 22.4. The lowest BCUT2D eigenvalue weighted by atomic mass is 10.1. The zero-order valence-corrected chi connectivity index (χ0v) is 18.9. The Morgan fingerprint density at radius 1 is 0.938 bits per heavy atom. The van der Waals surface area contributed by atoms with Gasteiger partial charge in [0.25, 0.3) is 10.0 Å². The lowest BCUT2D eigenvalue weighted by molar-refractivity contribution is -0.115. The predicted octanol–water partition coefficient (Wildman–Crippen LogP) is 4.63. The first kappa shape index (κ1) is 22.1. The molecule has 1 atom stereocenters. The molecule has 3 aromatic rings. The third-order valence-corrected chi connectivity index (χ3v) is 7.52. The Labute approximate surface area is 192 Å². The molecule has 4 rings (SSSR count). The molecule has 1 aliphatic heterocycles. The van der Waals surface area contributed by atoms with Crippen LogP contribution in [0.4, 0.5) is 5.69 Å². The average molecular weight is 466 g/mol. The van der Waals surface area contributed by atoms with Gasteiger partial charge in [0.2, 0.25) is 5.91 Å². The number of amidine groups is 1. The normalized spacial score (nSPS) is 14.4. The zero-order valence-electron chi connectivity index (χ0n) is 17.3. The number of hydrogen-bond donors (Lipinski definition) is 2. The van der Waals surface area contributed by atoms with E-state index in [-0.39, 0.29) is 10.8 Å². The van der Waals surface area contributed by atoms with Crippen molar-refractivity contribution in [2.45, 2.75) is 27.9 Å². The summed E-state index contributed by atoms with van der Waals surface area (Å²) in [5.41, 5.74) is 1.28. The second-order valence-corrected chi connectivity index (χ2v) is 10.1. The first-order valence-corrected chi connectivity index (χ1v) is 12.6. The monoisotopic (exact) mass is 465 g/mol. The number of anilines is 1. The van der Waals surface area contributed by atoms with Crippen LogP contribution in [0, 0.1) is 0 Å². The highest BCUT2D eigenvalue weighted by atomic mass is 32.2. The van der Waals surface area contributed by atoms with Crippen LogP contribution in [0.1, 0.15) is 23.7 Å². The van der Waals surface area contributed by atoms with Crippen molar-refractivity contribution in [3.63, 3.8) is 0 Å². The van der Waals surface area contributed by atoms with Gasteiger partial charge in [0.1, 0.15) is 11.1 Å². The summed E-state index contributed by atoms with van der Waals surface area (Å²) >= 11 is 1.44. The van der Waals surface area contributed by atoms with Crippen LogP contribution in [0.25, 0.3) is 0 Å². The van der Waals surface area contributed by atoms with E-state index in [0.717, 1.165) is 16.9 Å². The lowest BCUT2D eigenvalue weighted by Gasteiger charge is -2.17. The van der Waals surface area contributed by atoms with Gasteiger partial charge in [0.05, 0.1) is 4.90 Å². The van der Waals surface area contributed by atoms with E-state index in [1.165, 1.54) is 23.9 Å². The van der Waals surface area contributed by atoms with Crippen molar-refractivity contribution in [1.29, 1.82) is 0 Å². The van der Waals surface area contributed by atoms with Crippen molar-refractivity contribution >= 4 is 39.2 Å². The van der Waals surface area contributed by atoms with Crippen LogP contribution in [0.5, 0.6) is 0 Å². The number of carbonyl (C=O) groups excluding carboxylic acids is 1. The molecule has 1 amide bonds. The molecule has 0 spiro atoms. The maximum absolute atomic E-state index is 13.2. The molecule has 0 radical (unpaired) electrons. The van der Waals surface area contributed by atoms with Crippen molar-refractivity contribution in [2.24, 2.45) is 4.99 Å². The minimum Gasteiger partial charge on any atom is -0.325 e. The van der Waals surface area contributed by atoms with E-state index < -0.39 is 15.3 Å². The molecular weight excluding hydrogens is 442 g/mol. The molecule has 8 heteroatoms. The number of aliphatic imine (C=N–C) groups is 1. The molecule has 0 fully saturated rings. The number of amides is 1. The van der Waals surface area contributed by atoms with Gasteiger partial charge in [-0.3, -0.25) is 14.5 Å². The molecule has 0 saturated carbocycles. The number of nitrogens with zero attached hydrogens (tertiary/aromatic N) is 1. The molecule has 0 aliphatic carbocycles. The quantitative estimate of drug-likeness (QED) is 0.498. The molecule has 0 saturated heterocycles. The Morgan fingerprint density at radius 3 is 2.34 bits per heavy atom. The van der Waals surface area contributed by atoms with Gasteiger partial charge < -0.3 is 5.32 Å². The third-order valence-electron chi connectivity index (χ3n) is 4.88. The van der Waals surface area contributed by atoms with Crippen LogP contribution >= 0.6 is 11.8 Å². The summed E-state index contributed by atoms with van der Waals surface area (Å²) in [6.07, 6.45) is 1.46. The van der Waals surface area contributed by atoms with Gasteiger partial charge in [-0.1, -0.05) is 54.6 Å². The molecule has 1 heterocycles. The van der Waals surface area contributed by atoms with Crippen LogP contribution in [0.3, 0.4) is 0 Å². The van der Waals surface area contributed by atoms with Crippen LogP contribution < -0.4 is 10.0 Å². The smallest absolute Gasteiger partial charge is 0.262 e. The fourth-order valence-electron chi connectivity index (χ4n) is 3.32. The first-order valence-electron chi connectivity index (χ1n) is 10.2. The van der Waals surface area contributed by atoms with Crippen LogP contribution in [-0.2, 0) is 14.8 Å². The number of sulfonamides is 1. The number of benzene rings is 3. The second-order valence-electron chi connectivity index (χ2n) is 7.28. The minimum atomic E-state index is -3.76. The first-order chi connectivity index (χ1) is 15.5. The summed E-state index contributed by atoms with van der Waals surface area (Å²) in [4.78, 5) is 18.5. The summed E-state index contributed by atoms with van der Waals surface area (Å²) in [6, 6.07) is 25.5. The van der Waals surface area contributed by atoms with Crippen molar-refractivity contribution < 1.29 is 13.2 Å². The fourth-order valence-corrected chi connectivity index (χ4v) is 5.50. The Morgan fingerprint density at radius 2 is 1.66 bits per heavy atom. The molecule has 3 aromatic carbocycles. The summed E-state index contributed by atoms with van der Waals surface area (Å²) in [5.74, 6) is 0.246. The number of nitrogens with one attached hydrogen (secondary N) is 2. The highest BCUT2D eigenvalue weighted by molar-refractivity contribution is 8.00. The van der Waals surface area contributed by atoms with Crippen molar-refractivity contribution in [3.05, 3.63) is 90.5 Å². The highest BCUT2D eigenvalue weighted by Crippen LogP contribution is 2.36. The minimum absolute atomic E-state index is 0.0804. The van der Waals surface area contributed by atoms with Crippen molar-refractivity contribution in [3.8, 4) is 0 Å². The van der Waals surface area contributed by atoms with E-state index in [9.17, 15) is 13.2 Å². The van der Waals surface area contributed by atoms with Gasteiger partial charge in [-0.2, -0.15) is 0 Å². The number of thioether (sulfide) groups is 1. The molecule has 0 bridgehead atoms. The second kappa shape index (κ2) is 10.0. The molecule has 6 nitrogen and oxygen atoms in total. The highest BCUT2D eigenvalue weighted by Gasteiger charge is 2.23. The Hall–Kier alpha value is -3.10. The van der Waals surface area contributed by atoms with Crippen LogP contribution in [0.2, 0.25) is 0 Å². The molecule has 32 heavy (non-hydrogen) atoms. The van der Waals surface area contributed by atoms with E-state index in [1.807, 2.05) is 60.7 Å². The van der Waals surface area contributed by atoms with Crippen molar-refractivity contribution in [1.82, 2.24) is 4.72 Å². The Kier molecular flexibility index (Phi) is 6.92. The van der Waals surface area contributed by atoms with Gasteiger partial charge in [-0.15, -0.1) is 11.8 Å². The summed E-state index contributed by atoms with van der Waals surface area (Å²) in [6.45, 7) is 0.633. The van der Waals surface area contributed by atoms with Crippen LogP contribution in [0.15, 0.2) is 99.7 Å². The lowest BCUT2D eigenvalue weighted by Crippen LogP contribution is -2.29. The molecule has 0 unspecified atom stereocenters. The van der Waals surface area contributed by atoms with E-state index in [0.29, 0.717) is 24.5 Å². The van der Waals surface area contributed by atoms with Gasteiger partial charge in [-0.25, -0.2) is 8.42 Å². The Bertz CT molecular complexity index is 1210. The maximum Gasteiger partial charge on any atom is 0.262 e. The number of hydrogen-bond acceptors (Lipinski definition) is 5. The van der Waals surface area contributed by atoms with E-state index in [4.69, 9.17) is 0 Å². The van der Waals surface area contributed by atoms with Gasteiger partial charge in [0.15, 0.2) is 0 Å². The van der Waals surface area contributed by atoms with Gasteiger partial charge in [-0.05, 0) is 42.3 Å². The molecule has 164 valence electrons. The molecule has 1 aliphatic rings. The standard InChI is InChI=1S/C24H23N3O3S2/c28-24(23(18-9-3-1-4-10-18)31-20-12-5-2-6-13-20)26-19-11-7-14-21(17-19)32(29,30)27-22-15-8-16-25-22/h1-7,9-14,17,23H,8,15-16H2,(H,25,27)(H,26,28)/t23-/m0/s1. The third kappa shape index (κ3) is 5.57. The topological polar surface area (TPSA) is 87.6 Å². The van der Waals surface area contributed by atoms with Gasteiger partial charge in [0, 0.05) is 23.5 Å². The summed E-state index contributed by atoms with van der Waals surface area (Å²) in [7, 11) is -3.76. The van der Waals surface area contributed by atoms with E-state index >= 15 is 0 Å². The fraction of sp³-hybridized carbons (Fsp3) is 0.167. The molecular formula is C24H23N3O3S2. The molecule has 0 aromatic heterocycles. The van der Waals surface area contributed by atoms with Crippen molar-refractivity contribution in [2.75, 3.05) is 11.9 Å². The Balaban J connectivity index is 1.55. The molecule has 2 N–H and O–H groups in total. The summed E-state index contributed by atoms with van der Waals surface area (Å²) in [5, 5.41) is 2.39. The van der Waals surface area contributed by atoms with Crippen LogP contribution in [-0.4, -0.2) is 26.7 Å². The largest absolute Gasteiger partial charge is 0.325 e. The van der Waals surface area contributed by atoms with Gasteiger partial charge >= 0.3 is 0 Å². The average Bonchev–Trinajstić information content (AvgIpc) is 3.31.